The molecule has 0 N–H and O–H groups in total. The Morgan fingerprint density at radius 2 is 2.00 bits per heavy atom. The Morgan fingerprint density at radius 3 is 2.70 bits per heavy atom. The second-order valence-electron chi connectivity index (χ2n) is 4.23. The molecule has 104 valence electrons. The van der Waals surface area contributed by atoms with Crippen molar-refractivity contribution in [3.63, 3.8) is 0 Å². The zero-order valence-corrected chi connectivity index (χ0v) is 12.0. The van der Waals surface area contributed by atoms with E-state index in [4.69, 9.17) is 4.74 Å². The molecule has 1 aromatic carbocycles. The summed E-state index contributed by atoms with van der Waals surface area (Å²) in [6.07, 6.45) is 0.917. The molecule has 0 bridgehead atoms. The van der Waals surface area contributed by atoms with Crippen LogP contribution in [0.15, 0.2) is 35.5 Å². The quantitative estimate of drug-likeness (QED) is 0.621. The highest BCUT2D eigenvalue weighted by atomic mass is 32.2. The van der Waals surface area contributed by atoms with Crippen LogP contribution in [0.4, 0.5) is 0 Å². The molecule has 1 atom stereocenters. The fourth-order valence-corrected chi connectivity index (χ4v) is 2.08. The first-order chi connectivity index (χ1) is 9.56. The van der Waals surface area contributed by atoms with Crippen LogP contribution in [-0.2, 0) is 14.3 Å². The molecule has 0 saturated carbocycles. The summed E-state index contributed by atoms with van der Waals surface area (Å²) in [4.78, 5) is 31.2. The van der Waals surface area contributed by atoms with Crippen molar-refractivity contribution in [2.24, 2.45) is 0 Å². The van der Waals surface area contributed by atoms with Crippen molar-refractivity contribution < 1.29 is 14.3 Å². The number of fused-ring (bicyclic) bond motifs is 1. The number of carbonyl (C=O) groups excluding carboxylic acids is 2. The minimum Gasteiger partial charge on any atom is -0.454 e. The van der Waals surface area contributed by atoms with Gasteiger partial charge in [-0.25, -0.2) is 4.98 Å². The van der Waals surface area contributed by atoms with E-state index >= 15 is 0 Å². The number of para-hydroxylation sites is 2. The van der Waals surface area contributed by atoms with Crippen LogP contribution in [0.1, 0.15) is 13.8 Å². The molecule has 5 nitrogen and oxygen atoms in total. The van der Waals surface area contributed by atoms with Gasteiger partial charge in [-0.3, -0.25) is 14.6 Å². The zero-order valence-electron chi connectivity index (χ0n) is 11.2. The molecule has 0 fully saturated rings. The third-order valence-electron chi connectivity index (χ3n) is 2.65. The lowest BCUT2D eigenvalue weighted by Gasteiger charge is -2.09. The largest absolute Gasteiger partial charge is 0.454 e. The Bertz CT molecular complexity index is 645. The second kappa shape index (κ2) is 6.47. The van der Waals surface area contributed by atoms with Crippen LogP contribution >= 0.6 is 11.8 Å². The third-order valence-corrected chi connectivity index (χ3v) is 3.52. The number of ether oxygens (including phenoxy) is 1. The summed E-state index contributed by atoms with van der Waals surface area (Å²) < 4.78 is 4.96. The van der Waals surface area contributed by atoms with Crippen LogP contribution in [0.25, 0.3) is 11.0 Å². The summed E-state index contributed by atoms with van der Waals surface area (Å²) in [6.45, 7) is 2.95. The van der Waals surface area contributed by atoms with Gasteiger partial charge in [-0.05, 0) is 26.0 Å². The van der Waals surface area contributed by atoms with E-state index in [2.05, 4.69) is 9.97 Å². The second-order valence-corrected chi connectivity index (χ2v) is 5.22. The number of thioether (sulfide) groups is 1. The minimum absolute atomic E-state index is 0.102. The normalized spacial score (nSPS) is 12.1. The molecule has 6 heteroatoms. The Hall–Kier alpha value is -1.95. The Labute approximate surface area is 120 Å². The Balaban J connectivity index is 1.95. The number of hydrogen-bond donors (Lipinski definition) is 0. The van der Waals surface area contributed by atoms with Gasteiger partial charge in [-0.2, -0.15) is 0 Å². The molecule has 20 heavy (non-hydrogen) atoms. The molecule has 0 amide bonds. The van der Waals surface area contributed by atoms with Crippen molar-refractivity contribution in [2.45, 2.75) is 25.0 Å². The maximum atomic E-state index is 11.6. The molecular weight excluding hydrogens is 276 g/mol. The first-order valence-corrected chi connectivity index (χ1v) is 7.09. The Morgan fingerprint density at radius 1 is 1.30 bits per heavy atom. The van der Waals surface area contributed by atoms with Gasteiger partial charge in [-0.1, -0.05) is 23.9 Å². The fourth-order valence-electron chi connectivity index (χ4n) is 1.46. The maximum Gasteiger partial charge on any atom is 0.317 e. The summed E-state index contributed by atoms with van der Waals surface area (Å²) in [7, 11) is 0. The van der Waals surface area contributed by atoms with Crippen LogP contribution in [0.3, 0.4) is 0 Å². The average molecular weight is 290 g/mol. The average Bonchev–Trinajstić information content (AvgIpc) is 2.44. The van der Waals surface area contributed by atoms with Crippen molar-refractivity contribution in [3.05, 3.63) is 30.5 Å². The molecule has 0 spiro atoms. The van der Waals surface area contributed by atoms with E-state index < -0.39 is 12.1 Å². The maximum absolute atomic E-state index is 11.6. The van der Waals surface area contributed by atoms with E-state index in [1.165, 1.54) is 18.7 Å². The van der Waals surface area contributed by atoms with E-state index in [1.807, 2.05) is 24.3 Å². The van der Waals surface area contributed by atoms with Gasteiger partial charge in [0.25, 0.3) is 0 Å². The highest BCUT2D eigenvalue weighted by molar-refractivity contribution is 7.99. The van der Waals surface area contributed by atoms with Crippen LogP contribution in [-0.4, -0.2) is 33.6 Å². The lowest BCUT2D eigenvalue weighted by atomic mass is 10.3. The first-order valence-electron chi connectivity index (χ1n) is 6.11. The van der Waals surface area contributed by atoms with Crippen molar-refractivity contribution >= 4 is 34.5 Å². The lowest BCUT2D eigenvalue weighted by molar-refractivity contribution is -0.150. The van der Waals surface area contributed by atoms with Gasteiger partial charge in [0.15, 0.2) is 11.9 Å². The SMILES string of the molecule is CC(=O)C(C)OC(=O)CSc1cnc2ccccc2n1. The first kappa shape index (κ1) is 14.5. The molecule has 0 radical (unpaired) electrons. The number of carbonyl (C=O) groups is 2. The molecule has 2 rings (SSSR count). The number of nitrogens with zero attached hydrogens (tertiary/aromatic N) is 2. The van der Waals surface area contributed by atoms with Gasteiger partial charge < -0.3 is 4.74 Å². The number of ketones is 1. The molecular formula is C14H14N2O3S. The van der Waals surface area contributed by atoms with Crippen molar-refractivity contribution in [1.29, 1.82) is 0 Å². The van der Waals surface area contributed by atoms with Gasteiger partial charge in [0, 0.05) is 0 Å². The topological polar surface area (TPSA) is 69.2 Å². The van der Waals surface area contributed by atoms with Gasteiger partial charge >= 0.3 is 5.97 Å². The molecule has 0 saturated heterocycles. The molecule has 1 heterocycles. The molecule has 2 aromatic rings. The summed E-state index contributed by atoms with van der Waals surface area (Å²) >= 11 is 1.24. The molecule has 1 aromatic heterocycles. The van der Waals surface area contributed by atoms with Crippen molar-refractivity contribution in [2.75, 3.05) is 5.75 Å². The minimum atomic E-state index is -0.703. The van der Waals surface area contributed by atoms with E-state index in [0.717, 1.165) is 11.0 Å². The van der Waals surface area contributed by atoms with Crippen molar-refractivity contribution in [3.8, 4) is 0 Å². The van der Waals surface area contributed by atoms with Crippen LogP contribution < -0.4 is 0 Å². The van der Waals surface area contributed by atoms with Crippen LogP contribution in [0, 0.1) is 0 Å². The number of rotatable bonds is 5. The summed E-state index contributed by atoms with van der Waals surface area (Å²) in [5, 5.41) is 0.649. The van der Waals surface area contributed by atoms with Crippen LogP contribution in [0.5, 0.6) is 0 Å². The number of aromatic nitrogens is 2. The summed E-state index contributed by atoms with van der Waals surface area (Å²) in [5.74, 6) is -0.508. The molecule has 0 aliphatic carbocycles. The van der Waals surface area contributed by atoms with Gasteiger partial charge in [0.05, 0.1) is 23.0 Å². The van der Waals surface area contributed by atoms with E-state index in [0.29, 0.717) is 5.03 Å². The number of hydrogen-bond acceptors (Lipinski definition) is 6. The Kier molecular flexibility index (Phi) is 4.68. The predicted molar refractivity (Wildman–Crippen MR) is 76.5 cm³/mol. The van der Waals surface area contributed by atoms with Crippen molar-refractivity contribution in [1.82, 2.24) is 9.97 Å². The molecule has 1 unspecified atom stereocenters. The molecule has 0 aliphatic heterocycles. The summed E-state index contributed by atoms with van der Waals surface area (Å²) in [6, 6.07) is 7.51. The molecule has 0 aliphatic rings. The van der Waals surface area contributed by atoms with Gasteiger partial charge in [-0.15, -0.1) is 0 Å². The van der Waals surface area contributed by atoms with E-state index in [9.17, 15) is 9.59 Å². The summed E-state index contributed by atoms with van der Waals surface area (Å²) in [5.41, 5.74) is 1.59. The monoisotopic (exact) mass is 290 g/mol. The third kappa shape index (κ3) is 3.77. The number of benzene rings is 1. The smallest absolute Gasteiger partial charge is 0.317 e. The number of esters is 1. The van der Waals surface area contributed by atoms with Gasteiger partial charge in [0.2, 0.25) is 0 Å². The fraction of sp³-hybridized carbons (Fsp3) is 0.286. The van der Waals surface area contributed by atoms with Crippen LogP contribution in [0.2, 0.25) is 0 Å². The highest BCUT2D eigenvalue weighted by Gasteiger charge is 2.14. The van der Waals surface area contributed by atoms with E-state index in [-0.39, 0.29) is 11.5 Å². The van der Waals surface area contributed by atoms with Gasteiger partial charge in [0.1, 0.15) is 5.03 Å². The van der Waals surface area contributed by atoms with E-state index in [1.54, 1.807) is 13.1 Å². The predicted octanol–water partition coefficient (Wildman–Crippen LogP) is 2.24. The highest BCUT2D eigenvalue weighted by Crippen LogP contribution is 2.18. The lowest BCUT2D eigenvalue weighted by Crippen LogP contribution is -2.22. The number of Topliss-reactive ketones (excluding diaryl/α,β-unsaturated/α-hetero) is 1. The standard InChI is InChI=1S/C14H14N2O3S/c1-9(17)10(2)19-14(18)8-20-13-7-15-11-5-3-4-6-12(11)16-13/h3-7,10H,8H2,1-2H3. The zero-order chi connectivity index (χ0) is 14.5.